The number of hydrogen-bond donors (Lipinski definition) is 2. The molecule has 2 heterocycles. The number of ether oxygens (including phenoxy) is 1. The van der Waals surface area contributed by atoms with Gasteiger partial charge in [0.15, 0.2) is 0 Å². The molecule has 0 aliphatic heterocycles. The van der Waals surface area contributed by atoms with Crippen LogP contribution in [0.1, 0.15) is 43.4 Å². The van der Waals surface area contributed by atoms with Crippen molar-refractivity contribution in [3.05, 3.63) is 42.1 Å². The number of imidazole rings is 1. The van der Waals surface area contributed by atoms with Crippen molar-refractivity contribution in [3.63, 3.8) is 0 Å². The third kappa shape index (κ3) is 3.88. The van der Waals surface area contributed by atoms with E-state index in [0.717, 1.165) is 30.5 Å². The van der Waals surface area contributed by atoms with Crippen molar-refractivity contribution in [1.29, 1.82) is 0 Å². The van der Waals surface area contributed by atoms with Gasteiger partial charge in [-0.25, -0.2) is 9.97 Å². The van der Waals surface area contributed by atoms with Crippen molar-refractivity contribution in [2.45, 2.75) is 38.6 Å². The Morgan fingerprint density at radius 3 is 3.22 bits per heavy atom. The first-order valence-corrected chi connectivity index (χ1v) is 8.12. The molecule has 0 aromatic carbocycles. The Morgan fingerprint density at radius 2 is 2.43 bits per heavy atom. The van der Waals surface area contributed by atoms with Gasteiger partial charge in [0.05, 0.1) is 12.9 Å². The van der Waals surface area contributed by atoms with E-state index >= 15 is 0 Å². The minimum absolute atomic E-state index is 0.0385. The van der Waals surface area contributed by atoms with Crippen LogP contribution in [-0.2, 0) is 11.3 Å². The zero-order chi connectivity index (χ0) is 16.1. The summed E-state index contributed by atoms with van der Waals surface area (Å²) in [6.07, 6.45) is 8.10. The van der Waals surface area contributed by atoms with E-state index in [4.69, 9.17) is 4.74 Å². The summed E-state index contributed by atoms with van der Waals surface area (Å²) in [6.45, 7) is 3.22. The monoisotopic (exact) mass is 314 g/mol. The summed E-state index contributed by atoms with van der Waals surface area (Å²) in [5.41, 5.74) is 1.95. The fourth-order valence-electron chi connectivity index (χ4n) is 2.61. The summed E-state index contributed by atoms with van der Waals surface area (Å²) in [7, 11) is 0. The van der Waals surface area contributed by atoms with Crippen molar-refractivity contribution >= 4 is 5.91 Å². The van der Waals surface area contributed by atoms with Gasteiger partial charge in [-0.3, -0.25) is 4.79 Å². The third-order valence-corrected chi connectivity index (χ3v) is 4.09. The molecular formula is C17H22N4O2. The van der Waals surface area contributed by atoms with Crippen molar-refractivity contribution < 1.29 is 9.53 Å². The van der Waals surface area contributed by atoms with Crippen LogP contribution in [0.4, 0.5) is 0 Å². The number of amides is 1. The standard InChI is InChI=1S/C17H22N4O2/c1-2-3-7-23-17-12(5-4-6-19-17)9-20-16(22)14-8-13(14)15-10-18-11-21-15/h4-6,10-11,13-14H,2-3,7-9H2,1H3,(H,18,21)(H,20,22)/t13-,14-/m1/s1. The van der Waals surface area contributed by atoms with Gasteiger partial charge in [0.25, 0.3) is 0 Å². The number of rotatable bonds is 8. The SMILES string of the molecule is CCCCOc1ncccc1CNC(=O)[C@@H]1C[C@H]1c1cnc[nH]1. The summed E-state index contributed by atoms with van der Waals surface area (Å²) in [5, 5.41) is 2.99. The van der Waals surface area contributed by atoms with Crippen LogP contribution in [0.15, 0.2) is 30.9 Å². The van der Waals surface area contributed by atoms with Crippen molar-refractivity contribution in [2.24, 2.45) is 5.92 Å². The Labute approximate surface area is 135 Å². The Morgan fingerprint density at radius 1 is 1.52 bits per heavy atom. The zero-order valence-corrected chi connectivity index (χ0v) is 13.3. The lowest BCUT2D eigenvalue weighted by Crippen LogP contribution is -2.25. The van der Waals surface area contributed by atoms with Gasteiger partial charge in [-0.15, -0.1) is 0 Å². The molecule has 2 atom stereocenters. The Kier molecular flexibility index (Phi) is 4.90. The summed E-state index contributed by atoms with van der Waals surface area (Å²) < 4.78 is 5.69. The molecular weight excluding hydrogens is 292 g/mol. The Balaban J connectivity index is 1.51. The van der Waals surface area contributed by atoms with Gasteiger partial charge >= 0.3 is 0 Å². The molecule has 6 nitrogen and oxygen atoms in total. The number of pyridine rings is 1. The van der Waals surface area contributed by atoms with E-state index < -0.39 is 0 Å². The molecule has 2 aromatic heterocycles. The molecule has 3 rings (SSSR count). The number of carbonyl (C=O) groups excluding carboxylic acids is 1. The van der Waals surface area contributed by atoms with Crippen molar-refractivity contribution in [2.75, 3.05) is 6.61 Å². The van der Waals surface area contributed by atoms with Crippen LogP contribution >= 0.6 is 0 Å². The minimum Gasteiger partial charge on any atom is -0.477 e. The highest BCUT2D eigenvalue weighted by Crippen LogP contribution is 2.46. The number of hydrogen-bond acceptors (Lipinski definition) is 4. The maximum absolute atomic E-state index is 12.2. The van der Waals surface area contributed by atoms with E-state index in [9.17, 15) is 4.79 Å². The number of aromatic amines is 1. The second-order valence-electron chi connectivity index (χ2n) is 5.84. The highest BCUT2D eigenvalue weighted by atomic mass is 16.5. The number of unbranched alkanes of at least 4 members (excludes halogenated alkanes) is 1. The largest absolute Gasteiger partial charge is 0.477 e. The van der Waals surface area contributed by atoms with Gasteiger partial charge in [0.1, 0.15) is 0 Å². The lowest BCUT2D eigenvalue weighted by molar-refractivity contribution is -0.122. The molecule has 2 N–H and O–H groups in total. The van der Waals surface area contributed by atoms with E-state index in [0.29, 0.717) is 19.0 Å². The molecule has 1 amide bonds. The second kappa shape index (κ2) is 7.26. The topological polar surface area (TPSA) is 79.9 Å². The van der Waals surface area contributed by atoms with E-state index in [1.54, 1.807) is 18.7 Å². The first-order chi connectivity index (χ1) is 11.3. The smallest absolute Gasteiger partial charge is 0.224 e. The maximum Gasteiger partial charge on any atom is 0.224 e. The lowest BCUT2D eigenvalue weighted by atomic mass is 10.2. The summed E-state index contributed by atoms with van der Waals surface area (Å²) >= 11 is 0. The van der Waals surface area contributed by atoms with Gasteiger partial charge in [-0.1, -0.05) is 19.4 Å². The average Bonchev–Trinajstić information content (AvgIpc) is 3.19. The zero-order valence-electron chi connectivity index (χ0n) is 13.3. The quantitative estimate of drug-likeness (QED) is 0.733. The van der Waals surface area contributed by atoms with Crippen molar-refractivity contribution in [1.82, 2.24) is 20.3 Å². The molecule has 122 valence electrons. The van der Waals surface area contributed by atoms with Gasteiger partial charge in [0.2, 0.25) is 11.8 Å². The predicted molar refractivity (Wildman–Crippen MR) is 85.9 cm³/mol. The number of nitrogens with one attached hydrogen (secondary N) is 2. The van der Waals surface area contributed by atoms with Crippen molar-refractivity contribution in [3.8, 4) is 5.88 Å². The van der Waals surface area contributed by atoms with Crippen LogP contribution in [0.5, 0.6) is 5.88 Å². The number of H-pyrrole nitrogens is 1. The lowest BCUT2D eigenvalue weighted by Gasteiger charge is -2.10. The molecule has 0 radical (unpaired) electrons. The van der Waals surface area contributed by atoms with E-state index in [-0.39, 0.29) is 17.7 Å². The molecule has 0 spiro atoms. The summed E-state index contributed by atoms with van der Waals surface area (Å²) in [6, 6.07) is 3.80. The highest BCUT2D eigenvalue weighted by molar-refractivity contribution is 5.82. The Hall–Kier alpha value is -2.37. The molecule has 1 fully saturated rings. The normalized spacial score (nSPS) is 19.3. The van der Waals surface area contributed by atoms with Gasteiger partial charge in [0, 0.05) is 42.0 Å². The number of nitrogens with zero attached hydrogens (tertiary/aromatic N) is 2. The molecule has 1 aliphatic rings. The first-order valence-electron chi connectivity index (χ1n) is 8.12. The number of aromatic nitrogens is 3. The molecule has 1 aliphatic carbocycles. The summed E-state index contributed by atoms with van der Waals surface area (Å²) in [5.74, 6) is 0.999. The van der Waals surface area contributed by atoms with E-state index in [1.165, 1.54) is 0 Å². The predicted octanol–water partition coefficient (Wildman–Crippen LogP) is 2.40. The van der Waals surface area contributed by atoms with Crippen LogP contribution in [0.25, 0.3) is 0 Å². The van der Waals surface area contributed by atoms with Gasteiger partial charge in [-0.2, -0.15) is 0 Å². The van der Waals surface area contributed by atoms with Crippen LogP contribution in [0, 0.1) is 5.92 Å². The van der Waals surface area contributed by atoms with Crippen LogP contribution in [-0.4, -0.2) is 27.5 Å². The highest BCUT2D eigenvalue weighted by Gasteiger charge is 2.44. The average molecular weight is 314 g/mol. The van der Waals surface area contributed by atoms with Gasteiger partial charge in [-0.05, 0) is 18.9 Å². The first kappa shape index (κ1) is 15.5. The minimum atomic E-state index is 0.0385. The van der Waals surface area contributed by atoms with Crippen LogP contribution in [0.3, 0.4) is 0 Å². The molecule has 0 saturated heterocycles. The fraction of sp³-hybridized carbons (Fsp3) is 0.471. The maximum atomic E-state index is 12.2. The second-order valence-corrected chi connectivity index (χ2v) is 5.84. The Bertz CT molecular complexity index is 642. The molecule has 23 heavy (non-hydrogen) atoms. The van der Waals surface area contributed by atoms with Gasteiger partial charge < -0.3 is 15.0 Å². The van der Waals surface area contributed by atoms with Crippen LogP contribution in [0.2, 0.25) is 0 Å². The molecule has 1 saturated carbocycles. The number of carbonyl (C=O) groups is 1. The molecule has 2 aromatic rings. The van der Waals surface area contributed by atoms with E-state index in [1.807, 2.05) is 12.1 Å². The molecule has 0 bridgehead atoms. The third-order valence-electron chi connectivity index (χ3n) is 4.09. The summed E-state index contributed by atoms with van der Waals surface area (Å²) in [4.78, 5) is 23.6. The molecule has 6 heteroatoms. The molecule has 0 unspecified atom stereocenters. The fourth-order valence-corrected chi connectivity index (χ4v) is 2.61. The van der Waals surface area contributed by atoms with Crippen LogP contribution < -0.4 is 10.1 Å². The van der Waals surface area contributed by atoms with E-state index in [2.05, 4.69) is 27.2 Å².